The Morgan fingerprint density at radius 1 is 1.30 bits per heavy atom. The first-order valence-electron chi connectivity index (χ1n) is 10.8. The van der Waals surface area contributed by atoms with Gasteiger partial charge in [0.15, 0.2) is 5.65 Å². The summed E-state index contributed by atoms with van der Waals surface area (Å²) in [6, 6.07) is 4.74. The molecule has 1 amide bonds. The Labute approximate surface area is 190 Å². The molecule has 1 aliphatic rings. The summed E-state index contributed by atoms with van der Waals surface area (Å²) in [6.45, 7) is 4.10. The summed E-state index contributed by atoms with van der Waals surface area (Å²) in [5.41, 5.74) is 2.18. The van der Waals surface area contributed by atoms with E-state index in [2.05, 4.69) is 14.8 Å². The zero-order chi connectivity index (χ0) is 23.9. The number of fused-ring (bicyclic) bond motifs is 1. The number of hydrogen-bond acceptors (Lipinski definition) is 5. The number of aromatic amines is 1. The summed E-state index contributed by atoms with van der Waals surface area (Å²) < 4.78 is 41.2. The van der Waals surface area contributed by atoms with Crippen LogP contribution >= 0.6 is 0 Å². The molecule has 0 saturated carbocycles. The maximum Gasteiger partial charge on any atom is 0.276 e. The molecule has 4 rings (SSSR count). The van der Waals surface area contributed by atoms with Gasteiger partial charge in [-0.3, -0.25) is 19.4 Å². The smallest absolute Gasteiger partial charge is 0.276 e. The third-order valence-electron chi connectivity index (χ3n) is 5.92. The van der Waals surface area contributed by atoms with Crippen molar-refractivity contribution in [2.24, 2.45) is 0 Å². The molecule has 9 nitrogen and oxygen atoms in total. The van der Waals surface area contributed by atoms with Gasteiger partial charge < -0.3 is 4.90 Å². The van der Waals surface area contributed by atoms with Crippen LogP contribution in [-0.4, -0.2) is 46.6 Å². The van der Waals surface area contributed by atoms with Crippen LogP contribution in [0.2, 0.25) is 0 Å². The molecular formula is C22H26FN5O4S. The Hall–Kier alpha value is -3.21. The van der Waals surface area contributed by atoms with Crippen LogP contribution in [0, 0.1) is 12.7 Å². The lowest BCUT2D eigenvalue weighted by Gasteiger charge is -2.35. The second-order valence-corrected chi connectivity index (χ2v) is 10.1. The summed E-state index contributed by atoms with van der Waals surface area (Å²) in [4.78, 5) is 32.4. The third-order valence-corrected chi connectivity index (χ3v) is 6.51. The Balaban J connectivity index is 1.76. The molecular weight excluding hydrogens is 449 g/mol. The molecule has 3 heterocycles. The molecule has 3 aromatic rings. The van der Waals surface area contributed by atoms with Crippen LogP contribution in [0.3, 0.4) is 0 Å². The summed E-state index contributed by atoms with van der Waals surface area (Å²) >= 11 is 0. The number of aromatic nitrogens is 3. The normalized spacial score (nSPS) is 16.8. The van der Waals surface area contributed by atoms with Crippen LogP contribution in [0.1, 0.15) is 59.5 Å². The van der Waals surface area contributed by atoms with E-state index in [0.29, 0.717) is 42.0 Å². The minimum absolute atomic E-state index is 0.0194. The van der Waals surface area contributed by atoms with Gasteiger partial charge in [0.25, 0.3) is 11.5 Å². The van der Waals surface area contributed by atoms with Gasteiger partial charge in [-0.15, -0.1) is 0 Å². The Morgan fingerprint density at radius 2 is 2.06 bits per heavy atom. The zero-order valence-electron chi connectivity index (χ0n) is 18.7. The molecule has 1 aromatic carbocycles. The maximum atomic E-state index is 14.0. The topological polar surface area (TPSA) is 117 Å². The van der Waals surface area contributed by atoms with Crippen molar-refractivity contribution in [3.05, 3.63) is 63.0 Å². The van der Waals surface area contributed by atoms with Gasteiger partial charge in [-0.2, -0.15) is 0 Å². The Bertz CT molecular complexity index is 1400. The number of piperidine rings is 1. The third kappa shape index (κ3) is 4.50. The zero-order valence-corrected chi connectivity index (χ0v) is 19.5. The minimum Gasteiger partial charge on any atom is -0.330 e. The largest absolute Gasteiger partial charge is 0.330 e. The quantitative estimate of drug-likeness (QED) is 0.589. The Kier molecular flexibility index (Phi) is 6.00. The number of aryl methyl sites for hydroxylation is 1. The fourth-order valence-corrected chi connectivity index (χ4v) is 4.98. The number of sulfonamides is 1. The van der Waals surface area contributed by atoms with Gasteiger partial charge in [-0.25, -0.2) is 22.3 Å². The number of H-pyrrole nitrogens is 1. The highest BCUT2D eigenvalue weighted by molar-refractivity contribution is 7.92. The second kappa shape index (κ2) is 8.62. The van der Waals surface area contributed by atoms with Crippen molar-refractivity contribution >= 4 is 27.3 Å². The summed E-state index contributed by atoms with van der Waals surface area (Å²) in [5.74, 6) is -1.13. The van der Waals surface area contributed by atoms with E-state index in [-0.39, 0.29) is 16.8 Å². The van der Waals surface area contributed by atoms with E-state index < -0.39 is 27.8 Å². The van der Waals surface area contributed by atoms with Crippen molar-refractivity contribution < 1.29 is 17.6 Å². The lowest BCUT2D eigenvalue weighted by atomic mass is 9.98. The van der Waals surface area contributed by atoms with E-state index in [0.717, 1.165) is 31.2 Å². The highest BCUT2D eigenvalue weighted by Gasteiger charge is 2.32. The molecule has 1 unspecified atom stereocenters. The molecule has 11 heteroatoms. The fraction of sp³-hybridized carbons (Fsp3) is 0.409. The van der Waals surface area contributed by atoms with Gasteiger partial charge in [0.2, 0.25) is 10.0 Å². The lowest BCUT2D eigenvalue weighted by Crippen LogP contribution is -2.39. The summed E-state index contributed by atoms with van der Waals surface area (Å²) in [5, 5.41) is 3.10. The van der Waals surface area contributed by atoms with E-state index in [9.17, 15) is 22.4 Å². The van der Waals surface area contributed by atoms with Crippen LogP contribution in [0.15, 0.2) is 29.1 Å². The average molecular weight is 476 g/mol. The van der Waals surface area contributed by atoms with Crippen molar-refractivity contribution in [2.45, 2.75) is 45.6 Å². The minimum atomic E-state index is -3.67. The molecule has 1 fully saturated rings. The van der Waals surface area contributed by atoms with Crippen LogP contribution in [0.4, 0.5) is 10.1 Å². The number of hydrogen-bond donors (Lipinski definition) is 2. The van der Waals surface area contributed by atoms with Crippen molar-refractivity contribution in [3.63, 3.8) is 0 Å². The van der Waals surface area contributed by atoms with Crippen molar-refractivity contribution in [1.29, 1.82) is 0 Å². The second-order valence-electron chi connectivity index (χ2n) is 8.31. The van der Waals surface area contributed by atoms with Gasteiger partial charge in [0, 0.05) is 23.9 Å². The van der Waals surface area contributed by atoms with Gasteiger partial charge in [0.1, 0.15) is 5.82 Å². The number of nitrogens with zero attached hydrogens (tertiary/aromatic N) is 3. The monoisotopic (exact) mass is 475 g/mol. The summed E-state index contributed by atoms with van der Waals surface area (Å²) in [7, 11) is -3.67. The average Bonchev–Trinajstić information content (AvgIpc) is 3.18. The number of rotatable bonds is 5. The number of halogens is 1. The van der Waals surface area contributed by atoms with Crippen LogP contribution in [-0.2, 0) is 16.4 Å². The first-order chi connectivity index (χ1) is 15.6. The first kappa shape index (κ1) is 23.0. The molecule has 0 aliphatic carbocycles. The number of anilines is 1. The highest BCUT2D eigenvalue weighted by Crippen LogP contribution is 2.33. The van der Waals surface area contributed by atoms with E-state index in [4.69, 9.17) is 0 Å². The number of amides is 1. The SMILES string of the molecule is CCc1c(C)nc2cc(C3CCCCN3C(=O)c3cc(F)ccc3NS(C)(=O)=O)[nH]n2c1=O. The maximum absolute atomic E-state index is 14.0. The van der Waals surface area contributed by atoms with Gasteiger partial charge in [0.05, 0.1) is 29.2 Å². The predicted octanol–water partition coefficient (Wildman–Crippen LogP) is 2.77. The number of carbonyl (C=O) groups excluding carboxylic acids is 1. The molecule has 1 atom stereocenters. The van der Waals surface area contributed by atoms with Gasteiger partial charge in [-0.1, -0.05) is 6.92 Å². The standard InChI is InChI=1S/C22H26FN5O4S/c1-4-15-13(2)24-20-12-18(25-28(20)22(15)30)19-7-5-6-10-27(19)21(29)16-11-14(23)8-9-17(16)26-33(3,31)32/h8-9,11-12,19,25-26H,4-7,10H2,1-3H3. The number of nitrogens with one attached hydrogen (secondary N) is 2. The highest BCUT2D eigenvalue weighted by atomic mass is 32.2. The number of benzene rings is 1. The van der Waals surface area contributed by atoms with E-state index >= 15 is 0 Å². The van der Waals surface area contributed by atoms with Crippen LogP contribution < -0.4 is 10.3 Å². The molecule has 1 saturated heterocycles. The molecule has 2 aromatic heterocycles. The Morgan fingerprint density at radius 3 is 2.76 bits per heavy atom. The van der Waals surface area contributed by atoms with Crippen LogP contribution in [0.25, 0.3) is 5.65 Å². The molecule has 33 heavy (non-hydrogen) atoms. The van der Waals surface area contributed by atoms with E-state index in [1.165, 1.54) is 10.6 Å². The lowest BCUT2D eigenvalue weighted by molar-refractivity contribution is 0.0606. The van der Waals surface area contributed by atoms with Crippen molar-refractivity contribution in [2.75, 3.05) is 17.5 Å². The molecule has 0 radical (unpaired) electrons. The van der Waals surface area contributed by atoms with E-state index in [1.807, 2.05) is 6.92 Å². The van der Waals surface area contributed by atoms with Crippen molar-refractivity contribution in [1.82, 2.24) is 19.5 Å². The fourth-order valence-electron chi connectivity index (χ4n) is 4.40. The van der Waals surface area contributed by atoms with E-state index in [1.54, 1.807) is 17.9 Å². The molecule has 2 N–H and O–H groups in total. The van der Waals surface area contributed by atoms with Gasteiger partial charge >= 0.3 is 0 Å². The first-order valence-corrected chi connectivity index (χ1v) is 12.7. The number of likely N-dealkylation sites (tertiary alicyclic amines) is 1. The summed E-state index contributed by atoms with van der Waals surface area (Å²) in [6.07, 6.45) is 3.78. The van der Waals surface area contributed by atoms with Gasteiger partial charge in [-0.05, 0) is 50.8 Å². The predicted molar refractivity (Wildman–Crippen MR) is 122 cm³/mol. The van der Waals surface area contributed by atoms with Crippen LogP contribution in [0.5, 0.6) is 0 Å². The molecule has 1 aliphatic heterocycles. The molecule has 176 valence electrons. The molecule has 0 bridgehead atoms. The molecule has 0 spiro atoms. The number of carbonyl (C=O) groups is 1. The van der Waals surface area contributed by atoms with Crippen molar-refractivity contribution in [3.8, 4) is 0 Å².